The molecule has 0 radical (unpaired) electrons. The maximum Gasteiger partial charge on any atom is 0.243 e. The number of aryl methyl sites for hydroxylation is 2. The standard InChI is InChI=1S/C24H30N6O4S/c1-12(2)21(20-6-13(3)29-34-20)24(33)30-10-16(31)7-19(30)23(32)28-14(4)17-8-26-18(9-25-17)22-15(5)27-11-35-22/h6,8-9,11-12,14,16,19,21,31H,7,10H2,1-5H3,(H,28,32)/t14-,16-,19+,21?/m1/s1. The number of aliphatic hydroxyl groups excluding tert-OH is 1. The molecule has 1 aliphatic rings. The molecule has 1 saturated heterocycles. The first kappa shape index (κ1) is 24.9. The lowest BCUT2D eigenvalue weighted by Crippen LogP contribution is -2.48. The number of likely N-dealkylation sites (tertiary alicyclic amines) is 1. The zero-order valence-electron chi connectivity index (χ0n) is 20.4. The fourth-order valence-corrected chi connectivity index (χ4v) is 5.13. The summed E-state index contributed by atoms with van der Waals surface area (Å²) in [6.45, 7) is 9.44. The highest BCUT2D eigenvalue weighted by Gasteiger charge is 2.43. The Morgan fingerprint density at radius 2 is 1.97 bits per heavy atom. The van der Waals surface area contributed by atoms with Crippen LogP contribution in [-0.2, 0) is 9.59 Å². The van der Waals surface area contributed by atoms with E-state index in [1.54, 1.807) is 30.9 Å². The van der Waals surface area contributed by atoms with Crippen molar-refractivity contribution in [3.63, 3.8) is 0 Å². The van der Waals surface area contributed by atoms with Crippen molar-refractivity contribution in [1.82, 2.24) is 30.3 Å². The molecule has 3 aromatic rings. The average molecular weight is 499 g/mol. The van der Waals surface area contributed by atoms with E-state index in [1.165, 1.54) is 16.2 Å². The minimum absolute atomic E-state index is 0.0776. The predicted octanol–water partition coefficient (Wildman–Crippen LogP) is 2.78. The maximum absolute atomic E-state index is 13.5. The van der Waals surface area contributed by atoms with E-state index in [-0.39, 0.29) is 30.7 Å². The summed E-state index contributed by atoms with van der Waals surface area (Å²) in [4.78, 5) is 42.3. The molecular formula is C24H30N6O4S. The first-order chi connectivity index (χ1) is 16.7. The smallest absolute Gasteiger partial charge is 0.243 e. The van der Waals surface area contributed by atoms with Gasteiger partial charge < -0.3 is 19.8 Å². The summed E-state index contributed by atoms with van der Waals surface area (Å²) >= 11 is 1.50. The van der Waals surface area contributed by atoms with Crippen LogP contribution in [0.2, 0.25) is 0 Å². The maximum atomic E-state index is 13.5. The average Bonchev–Trinajstić information content (AvgIpc) is 3.53. The highest BCUT2D eigenvalue weighted by molar-refractivity contribution is 7.13. The van der Waals surface area contributed by atoms with Crippen molar-refractivity contribution in [2.45, 2.75) is 65.1 Å². The molecule has 2 N–H and O–H groups in total. The summed E-state index contributed by atoms with van der Waals surface area (Å²) in [7, 11) is 0. The molecule has 1 fully saturated rings. The fraction of sp³-hybridized carbons (Fsp3) is 0.500. The van der Waals surface area contributed by atoms with E-state index in [0.717, 1.165) is 16.3 Å². The molecule has 4 heterocycles. The van der Waals surface area contributed by atoms with Gasteiger partial charge >= 0.3 is 0 Å². The normalized spacial score (nSPS) is 19.7. The first-order valence-corrected chi connectivity index (χ1v) is 12.5. The van der Waals surface area contributed by atoms with Crippen LogP contribution in [-0.4, -0.2) is 60.6 Å². The molecule has 35 heavy (non-hydrogen) atoms. The van der Waals surface area contributed by atoms with E-state index in [0.29, 0.717) is 17.1 Å². The number of carbonyl (C=O) groups excluding carboxylic acids is 2. The van der Waals surface area contributed by atoms with Crippen LogP contribution in [0.3, 0.4) is 0 Å². The summed E-state index contributed by atoms with van der Waals surface area (Å²) in [6, 6.07) is 0.513. The Kier molecular flexibility index (Phi) is 7.27. The van der Waals surface area contributed by atoms with Crippen molar-refractivity contribution in [2.75, 3.05) is 6.54 Å². The molecule has 186 valence electrons. The lowest BCUT2D eigenvalue weighted by molar-refractivity contribution is -0.141. The molecule has 1 unspecified atom stereocenters. The van der Waals surface area contributed by atoms with Gasteiger partial charge in [0.15, 0.2) is 0 Å². The van der Waals surface area contributed by atoms with Crippen LogP contribution in [0.5, 0.6) is 0 Å². The predicted molar refractivity (Wildman–Crippen MR) is 129 cm³/mol. The third-order valence-electron chi connectivity index (χ3n) is 6.20. The lowest BCUT2D eigenvalue weighted by Gasteiger charge is -2.29. The van der Waals surface area contributed by atoms with Gasteiger partial charge in [-0.1, -0.05) is 19.0 Å². The van der Waals surface area contributed by atoms with Gasteiger partial charge in [-0.2, -0.15) is 0 Å². The molecule has 1 aliphatic heterocycles. The van der Waals surface area contributed by atoms with E-state index >= 15 is 0 Å². The summed E-state index contributed by atoms with van der Waals surface area (Å²) in [5, 5.41) is 17.2. The van der Waals surface area contributed by atoms with Crippen molar-refractivity contribution in [3.05, 3.63) is 46.8 Å². The third-order valence-corrected chi connectivity index (χ3v) is 7.15. The van der Waals surface area contributed by atoms with Crippen LogP contribution in [0, 0.1) is 19.8 Å². The SMILES string of the molecule is Cc1cc(C(C(=O)N2C[C@H](O)C[C@H]2C(=O)N[C@H](C)c2cnc(-c3scnc3C)cn2)C(C)C)on1. The molecular weight excluding hydrogens is 468 g/mol. The Balaban J connectivity index is 1.47. The molecule has 10 nitrogen and oxygen atoms in total. The molecule has 0 aromatic carbocycles. The van der Waals surface area contributed by atoms with E-state index in [4.69, 9.17) is 4.52 Å². The number of thiazole rings is 1. The van der Waals surface area contributed by atoms with E-state index in [1.807, 2.05) is 27.7 Å². The molecule has 4 rings (SSSR count). The van der Waals surface area contributed by atoms with Gasteiger partial charge in [0, 0.05) is 19.0 Å². The Morgan fingerprint density at radius 1 is 1.20 bits per heavy atom. The third kappa shape index (κ3) is 5.25. The van der Waals surface area contributed by atoms with Crippen molar-refractivity contribution in [3.8, 4) is 10.6 Å². The van der Waals surface area contributed by atoms with Crippen LogP contribution < -0.4 is 5.32 Å². The molecule has 4 atom stereocenters. The zero-order valence-corrected chi connectivity index (χ0v) is 21.2. The van der Waals surface area contributed by atoms with Crippen LogP contribution in [0.15, 0.2) is 28.5 Å². The minimum atomic E-state index is -0.794. The number of rotatable bonds is 7. The van der Waals surface area contributed by atoms with Crippen molar-refractivity contribution in [2.24, 2.45) is 5.92 Å². The Morgan fingerprint density at radius 3 is 2.54 bits per heavy atom. The fourth-order valence-electron chi connectivity index (χ4n) is 4.36. The largest absolute Gasteiger partial charge is 0.391 e. The van der Waals surface area contributed by atoms with Gasteiger partial charge in [-0.15, -0.1) is 11.3 Å². The van der Waals surface area contributed by atoms with Gasteiger partial charge in [-0.25, -0.2) is 4.98 Å². The summed E-state index contributed by atoms with van der Waals surface area (Å²) in [5.41, 5.74) is 4.66. The monoisotopic (exact) mass is 498 g/mol. The number of nitrogens with one attached hydrogen (secondary N) is 1. The molecule has 0 spiro atoms. The number of carbonyl (C=O) groups is 2. The number of hydrogen-bond acceptors (Lipinski definition) is 9. The van der Waals surface area contributed by atoms with Gasteiger partial charge in [0.05, 0.1) is 52.0 Å². The van der Waals surface area contributed by atoms with Gasteiger partial charge in [-0.3, -0.25) is 19.6 Å². The number of β-amino-alcohol motifs (C(OH)–C–C–N with tert-alkyl or cyclic N) is 1. The molecule has 11 heteroatoms. The van der Waals surface area contributed by atoms with E-state index in [9.17, 15) is 14.7 Å². The quantitative estimate of drug-likeness (QED) is 0.508. The number of hydrogen-bond donors (Lipinski definition) is 2. The summed E-state index contributed by atoms with van der Waals surface area (Å²) in [6.07, 6.45) is 2.68. The first-order valence-electron chi connectivity index (χ1n) is 11.6. The van der Waals surface area contributed by atoms with Crippen molar-refractivity contribution >= 4 is 23.2 Å². The van der Waals surface area contributed by atoms with E-state index in [2.05, 4.69) is 25.4 Å². The van der Waals surface area contributed by atoms with Crippen LogP contribution in [0.25, 0.3) is 10.6 Å². The van der Waals surface area contributed by atoms with Crippen LogP contribution in [0.4, 0.5) is 0 Å². The second kappa shape index (κ2) is 10.2. The Bertz CT molecular complexity index is 1190. The second-order valence-corrected chi connectivity index (χ2v) is 10.2. The van der Waals surface area contributed by atoms with Gasteiger partial charge in [0.1, 0.15) is 23.4 Å². The van der Waals surface area contributed by atoms with Gasteiger partial charge in [0.25, 0.3) is 0 Å². The second-order valence-electron chi connectivity index (χ2n) is 9.31. The number of amides is 2. The highest BCUT2D eigenvalue weighted by atomic mass is 32.1. The minimum Gasteiger partial charge on any atom is -0.391 e. The molecule has 3 aromatic heterocycles. The van der Waals surface area contributed by atoms with E-state index < -0.39 is 24.1 Å². The topological polar surface area (TPSA) is 134 Å². The Hall–Kier alpha value is -3.18. The lowest BCUT2D eigenvalue weighted by atomic mass is 9.91. The van der Waals surface area contributed by atoms with Gasteiger partial charge in [-0.05, 0) is 26.7 Å². The number of aliphatic hydroxyl groups is 1. The van der Waals surface area contributed by atoms with Crippen LogP contribution in [0.1, 0.15) is 62.0 Å². The summed E-state index contributed by atoms with van der Waals surface area (Å²) in [5.74, 6) is -0.815. The van der Waals surface area contributed by atoms with Crippen molar-refractivity contribution in [1.29, 1.82) is 0 Å². The van der Waals surface area contributed by atoms with Crippen molar-refractivity contribution < 1.29 is 19.2 Å². The number of nitrogens with zero attached hydrogens (tertiary/aromatic N) is 5. The van der Waals surface area contributed by atoms with Crippen LogP contribution >= 0.6 is 11.3 Å². The summed E-state index contributed by atoms with van der Waals surface area (Å²) < 4.78 is 5.38. The highest BCUT2D eigenvalue weighted by Crippen LogP contribution is 2.31. The van der Waals surface area contributed by atoms with Gasteiger partial charge in [0.2, 0.25) is 11.8 Å². The molecule has 0 bridgehead atoms. The molecule has 0 saturated carbocycles. The zero-order chi connectivity index (χ0) is 25.3. The Labute approximate surface area is 207 Å². The molecule has 2 amide bonds. The number of aromatic nitrogens is 4. The molecule has 0 aliphatic carbocycles.